The second-order valence-corrected chi connectivity index (χ2v) is 6.18. The summed E-state index contributed by atoms with van der Waals surface area (Å²) in [6, 6.07) is 0.678. The molecule has 1 unspecified atom stereocenters. The lowest BCUT2D eigenvalue weighted by Gasteiger charge is -2.21. The van der Waals surface area contributed by atoms with Crippen molar-refractivity contribution in [2.75, 3.05) is 16.8 Å². The van der Waals surface area contributed by atoms with E-state index in [2.05, 4.69) is 15.5 Å². The van der Waals surface area contributed by atoms with Crippen LogP contribution in [0.15, 0.2) is 4.42 Å². The molecule has 2 heterocycles. The van der Waals surface area contributed by atoms with Gasteiger partial charge in [-0.25, -0.2) is 0 Å². The molecule has 1 aliphatic heterocycles. The van der Waals surface area contributed by atoms with Gasteiger partial charge in [-0.15, -0.1) is 16.7 Å². The van der Waals surface area contributed by atoms with Crippen LogP contribution in [0.1, 0.15) is 31.0 Å². The Bertz CT molecular complexity index is 373. The minimum atomic E-state index is -0.649. The molecule has 1 saturated heterocycles. The van der Waals surface area contributed by atoms with Crippen molar-refractivity contribution in [2.45, 2.75) is 31.2 Å². The Morgan fingerprint density at radius 1 is 1.50 bits per heavy atom. The van der Waals surface area contributed by atoms with Gasteiger partial charge in [0.05, 0.1) is 0 Å². The summed E-state index contributed by atoms with van der Waals surface area (Å²) in [4.78, 5) is 0. The first kappa shape index (κ1) is 11.9. The minimum absolute atomic E-state index is 0.275. The Hall–Kier alpha value is -0.620. The molecular weight excluding hydrogens is 250 g/mol. The molecule has 5 nitrogen and oxygen atoms in total. The van der Waals surface area contributed by atoms with E-state index in [0.29, 0.717) is 11.9 Å². The summed E-state index contributed by atoms with van der Waals surface area (Å²) in [5.74, 6) is 1.90. The predicted octanol–water partition coefficient (Wildman–Crippen LogP) is 1.69. The van der Waals surface area contributed by atoms with Crippen molar-refractivity contribution in [1.29, 1.82) is 0 Å². The van der Waals surface area contributed by atoms with Crippen LogP contribution in [0.25, 0.3) is 0 Å². The number of alkyl halides is 1. The van der Waals surface area contributed by atoms with Crippen LogP contribution in [0.3, 0.4) is 0 Å². The summed E-state index contributed by atoms with van der Waals surface area (Å²) in [6.45, 7) is 1.78. The van der Waals surface area contributed by atoms with E-state index >= 15 is 0 Å². The minimum Gasteiger partial charge on any atom is -0.406 e. The molecule has 0 radical (unpaired) electrons. The topological polar surface area (TPSA) is 68.0 Å². The lowest BCUT2D eigenvalue weighted by Crippen LogP contribution is -2.29. The smallest absolute Gasteiger partial charge is 0.315 e. The molecule has 1 N–H and O–H groups in total. The van der Waals surface area contributed by atoms with Crippen molar-refractivity contribution in [3.05, 3.63) is 5.89 Å². The number of rotatable bonds is 3. The second-order valence-electron chi connectivity index (χ2n) is 3.83. The summed E-state index contributed by atoms with van der Waals surface area (Å²) in [7, 11) is -0.649. The third-order valence-corrected chi connectivity index (χ3v) is 4.07. The van der Waals surface area contributed by atoms with Crippen LogP contribution in [0.5, 0.6) is 0 Å². The Morgan fingerprint density at radius 2 is 2.19 bits per heavy atom. The molecule has 0 bridgehead atoms. The van der Waals surface area contributed by atoms with Gasteiger partial charge in [-0.05, 0) is 19.8 Å². The summed E-state index contributed by atoms with van der Waals surface area (Å²) < 4.78 is 16.5. The molecule has 0 aromatic carbocycles. The molecule has 0 spiro atoms. The van der Waals surface area contributed by atoms with Gasteiger partial charge in [-0.3, -0.25) is 4.21 Å². The average Bonchev–Trinajstić information content (AvgIpc) is 2.70. The third kappa shape index (κ3) is 2.95. The van der Waals surface area contributed by atoms with Crippen molar-refractivity contribution < 1.29 is 8.63 Å². The van der Waals surface area contributed by atoms with Crippen LogP contribution in [0.2, 0.25) is 0 Å². The fourth-order valence-corrected chi connectivity index (χ4v) is 2.95. The van der Waals surface area contributed by atoms with Gasteiger partial charge in [0, 0.05) is 28.3 Å². The van der Waals surface area contributed by atoms with Crippen LogP contribution < -0.4 is 5.32 Å². The highest BCUT2D eigenvalue weighted by atomic mass is 35.5. The number of hydrogen-bond acceptors (Lipinski definition) is 5. The number of nitrogens with one attached hydrogen (secondary N) is 1. The van der Waals surface area contributed by atoms with Crippen molar-refractivity contribution in [1.82, 2.24) is 10.2 Å². The maximum absolute atomic E-state index is 11.2. The molecule has 0 aliphatic carbocycles. The van der Waals surface area contributed by atoms with E-state index in [4.69, 9.17) is 16.0 Å². The molecule has 2 rings (SSSR count). The van der Waals surface area contributed by atoms with Gasteiger partial charge >= 0.3 is 6.01 Å². The zero-order valence-electron chi connectivity index (χ0n) is 8.98. The van der Waals surface area contributed by atoms with Crippen molar-refractivity contribution in [2.24, 2.45) is 0 Å². The number of nitrogens with zero attached hydrogens (tertiary/aromatic N) is 2. The SMILES string of the molecule is CC(Cl)c1nnc(NC2CCS(=O)CC2)o1. The largest absolute Gasteiger partial charge is 0.406 e. The number of hydrogen-bond donors (Lipinski definition) is 1. The Balaban J connectivity index is 1.91. The van der Waals surface area contributed by atoms with E-state index < -0.39 is 10.8 Å². The highest BCUT2D eigenvalue weighted by Gasteiger charge is 2.20. The molecule has 1 fully saturated rings. The molecule has 0 saturated carbocycles. The van der Waals surface area contributed by atoms with Crippen LogP contribution in [-0.2, 0) is 10.8 Å². The molecule has 7 heteroatoms. The van der Waals surface area contributed by atoms with Crippen LogP contribution in [-0.4, -0.2) is 32.0 Å². The Kier molecular flexibility index (Phi) is 3.81. The summed E-state index contributed by atoms with van der Waals surface area (Å²) >= 11 is 5.81. The molecule has 0 amide bonds. The highest BCUT2D eigenvalue weighted by molar-refractivity contribution is 7.85. The molecule has 16 heavy (non-hydrogen) atoms. The van der Waals surface area contributed by atoms with Gasteiger partial charge in [-0.1, -0.05) is 5.10 Å². The van der Waals surface area contributed by atoms with E-state index in [1.165, 1.54) is 0 Å². The molecule has 1 aliphatic rings. The van der Waals surface area contributed by atoms with E-state index in [1.54, 1.807) is 6.92 Å². The van der Waals surface area contributed by atoms with Gasteiger partial charge in [-0.2, -0.15) is 0 Å². The molecule has 90 valence electrons. The lowest BCUT2D eigenvalue weighted by atomic mass is 10.2. The summed E-state index contributed by atoms with van der Waals surface area (Å²) in [5, 5.41) is 10.6. The number of anilines is 1. The Labute approximate surface area is 101 Å². The fraction of sp³-hybridized carbons (Fsp3) is 0.778. The third-order valence-electron chi connectivity index (χ3n) is 2.50. The number of halogens is 1. The van der Waals surface area contributed by atoms with Gasteiger partial charge < -0.3 is 9.73 Å². The van der Waals surface area contributed by atoms with E-state index in [1.807, 2.05) is 0 Å². The maximum Gasteiger partial charge on any atom is 0.315 e. The van der Waals surface area contributed by atoms with Gasteiger partial charge in [0.2, 0.25) is 5.89 Å². The summed E-state index contributed by atoms with van der Waals surface area (Å²) in [5.41, 5.74) is 0. The van der Waals surface area contributed by atoms with Crippen molar-refractivity contribution in [3.63, 3.8) is 0 Å². The van der Waals surface area contributed by atoms with Crippen LogP contribution in [0.4, 0.5) is 6.01 Å². The first-order valence-electron chi connectivity index (χ1n) is 5.24. The lowest BCUT2D eigenvalue weighted by molar-refractivity contribution is 0.494. The maximum atomic E-state index is 11.2. The van der Waals surface area contributed by atoms with Gasteiger partial charge in [0.25, 0.3) is 0 Å². The second kappa shape index (κ2) is 5.14. The van der Waals surface area contributed by atoms with E-state index in [0.717, 1.165) is 24.3 Å². The zero-order chi connectivity index (χ0) is 11.5. The normalized spacial score (nSPS) is 27.6. The van der Waals surface area contributed by atoms with Crippen molar-refractivity contribution in [3.8, 4) is 0 Å². The highest BCUT2D eigenvalue weighted by Crippen LogP contribution is 2.21. The number of aromatic nitrogens is 2. The quantitative estimate of drug-likeness (QED) is 0.841. The standard InChI is InChI=1S/C9H14ClN3O2S/c1-6(10)8-12-13-9(15-8)11-7-2-4-16(14)5-3-7/h6-7H,2-5H2,1H3,(H,11,13). The van der Waals surface area contributed by atoms with E-state index in [9.17, 15) is 4.21 Å². The van der Waals surface area contributed by atoms with E-state index in [-0.39, 0.29) is 11.4 Å². The van der Waals surface area contributed by atoms with Crippen LogP contribution >= 0.6 is 11.6 Å². The average molecular weight is 264 g/mol. The monoisotopic (exact) mass is 263 g/mol. The Morgan fingerprint density at radius 3 is 2.75 bits per heavy atom. The fourth-order valence-electron chi connectivity index (χ4n) is 1.57. The predicted molar refractivity (Wildman–Crippen MR) is 63.1 cm³/mol. The first-order valence-corrected chi connectivity index (χ1v) is 7.16. The van der Waals surface area contributed by atoms with Gasteiger partial charge in [0.1, 0.15) is 5.38 Å². The van der Waals surface area contributed by atoms with Gasteiger partial charge in [0.15, 0.2) is 0 Å². The zero-order valence-corrected chi connectivity index (χ0v) is 10.6. The van der Waals surface area contributed by atoms with Crippen LogP contribution in [0, 0.1) is 0 Å². The molecule has 1 aromatic rings. The van der Waals surface area contributed by atoms with Crippen molar-refractivity contribution >= 4 is 28.4 Å². The first-order chi connectivity index (χ1) is 7.65. The molecular formula is C9H14ClN3O2S. The molecule has 1 atom stereocenters. The molecule has 1 aromatic heterocycles. The summed E-state index contributed by atoms with van der Waals surface area (Å²) in [6.07, 6.45) is 1.75.